The lowest BCUT2D eigenvalue weighted by atomic mass is 9.62. The maximum atomic E-state index is 15.0. The van der Waals surface area contributed by atoms with E-state index in [0.29, 0.717) is 33.9 Å². The highest BCUT2D eigenvalue weighted by Crippen LogP contribution is 2.62. The van der Waals surface area contributed by atoms with Crippen LogP contribution in [0.15, 0.2) is 103 Å². The average molecular weight is 585 g/mol. The average Bonchev–Trinajstić information content (AvgIpc) is 3.52. The summed E-state index contributed by atoms with van der Waals surface area (Å²) < 4.78 is 11.2. The van der Waals surface area contributed by atoms with Crippen LogP contribution in [-0.4, -0.2) is 41.6 Å². The number of fused-ring (bicyclic) bond motifs is 6. The number of para-hydroxylation sites is 1. The van der Waals surface area contributed by atoms with Gasteiger partial charge in [-0.2, -0.15) is 0 Å². The molecule has 1 N–H and O–H groups in total. The molecular formula is C37H32N2O5. The lowest BCUT2D eigenvalue weighted by molar-refractivity contribution is -0.122. The Bertz CT molecular complexity index is 1810. The van der Waals surface area contributed by atoms with E-state index >= 15 is 0 Å². The molecule has 0 radical (unpaired) electrons. The van der Waals surface area contributed by atoms with Crippen molar-refractivity contribution < 1.29 is 23.9 Å². The van der Waals surface area contributed by atoms with Crippen LogP contribution >= 0.6 is 0 Å². The summed E-state index contributed by atoms with van der Waals surface area (Å²) in [5.41, 5.74) is 2.67. The van der Waals surface area contributed by atoms with Gasteiger partial charge in [-0.15, -0.1) is 0 Å². The number of carbonyl (C=O) groups excluding carboxylic acids is 3. The Labute approximate surface area is 256 Å². The third kappa shape index (κ3) is 4.07. The summed E-state index contributed by atoms with van der Waals surface area (Å²) in [5.74, 6) is -0.592. The van der Waals surface area contributed by atoms with E-state index in [1.807, 2.05) is 79.6 Å². The fourth-order valence-electron chi connectivity index (χ4n) is 7.24. The predicted octanol–water partition coefficient (Wildman–Crippen LogP) is 6.46. The molecule has 1 saturated heterocycles. The van der Waals surface area contributed by atoms with E-state index in [2.05, 4.69) is 5.32 Å². The van der Waals surface area contributed by atoms with Gasteiger partial charge in [-0.05, 0) is 91.2 Å². The molecule has 0 saturated carbocycles. The first-order valence-corrected chi connectivity index (χ1v) is 14.8. The first-order valence-electron chi connectivity index (χ1n) is 14.8. The lowest BCUT2D eigenvalue weighted by Gasteiger charge is -2.38. The van der Waals surface area contributed by atoms with Gasteiger partial charge in [-0.3, -0.25) is 14.4 Å². The smallest absolute Gasteiger partial charge is 0.238 e. The van der Waals surface area contributed by atoms with Gasteiger partial charge in [-0.25, -0.2) is 0 Å². The van der Waals surface area contributed by atoms with Gasteiger partial charge in [0.25, 0.3) is 0 Å². The van der Waals surface area contributed by atoms with Gasteiger partial charge in [0.2, 0.25) is 5.91 Å². The minimum absolute atomic E-state index is 0.0254. The number of amides is 1. The van der Waals surface area contributed by atoms with Crippen molar-refractivity contribution in [1.82, 2.24) is 4.90 Å². The highest BCUT2D eigenvalue weighted by Gasteiger charge is 2.70. The molecule has 0 aromatic heterocycles. The minimum atomic E-state index is -1.38. The number of methoxy groups -OCH3 is 1. The van der Waals surface area contributed by atoms with Gasteiger partial charge in [0.05, 0.1) is 25.2 Å². The van der Waals surface area contributed by atoms with Gasteiger partial charge in [-0.1, -0.05) is 42.5 Å². The fourth-order valence-corrected chi connectivity index (χ4v) is 7.24. The largest absolute Gasteiger partial charge is 0.497 e. The third-order valence-electron chi connectivity index (χ3n) is 9.01. The van der Waals surface area contributed by atoms with E-state index in [0.717, 1.165) is 11.1 Å². The monoisotopic (exact) mass is 584 g/mol. The lowest BCUT2D eigenvalue weighted by Crippen LogP contribution is -2.49. The molecule has 44 heavy (non-hydrogen) atoms. The van der Waals surface area contributed by atoms with Crippen molar-refractivity contribution in [3.05, 3.63) is 131 Å². The Hall–Kier alpha value is -5.17. The van der Waals surface area contributed by atoms with E-state index in [1.54, 1.807) is 55.6 Å². The van der Waals surface area contributed by atoms with Gasteiger partial charge < -0.3 is 19.7 Å². The van der Waals surface area contributed by atoms with E-state index in [9.17, 15) is 14.4 Å². The Morgan fingerprint density at radius 1 is 0.818 bits per heavy atom. The molecule has 4 aromatic carbocycles. The predicted molar refractivity (Wildman–Crippen MR) is 168 cm³/mol. The van der Waals surface area contributed by atoms with Crippen molar-refractivity contribution in [1.29, 1.82) is 0 Å². The molecule has 3 heterocycles. The zero-order chi connectivity index (χ0) is 30.6. The van der Waals surface area contributed by atoms with E-state index in [4.69, 9.17) is 9.47 Å². The molecule has 7 heteroatoms. The maximum absolute atomic E-state index is 15.0. The number of nitrogens with one attached hydrogen (secondary N) is 1. The van der Waals surface area contributed by atoms with Crippen LogP contribution in [-0.2, 0) is 10.2 Å². The van der Waals surface area contributed by atoms with Crippen molar-refractivity contribution in [2.45, 2.75) is 37.5 Å². The van der Waals surface area contributed by atoms with Gasteiger partial charge in [0.1, 0.15) is 23.0 Å². The fraction of sp³-hybridized carbons (Fsp3) is 0.216. The second-order valence-corrected chi connectivity index (χ2v) is 11.7. The van der Waals surface area contributed by atoms with Crippen LogP contribution in [0, 0.1) is 5.92 Å². The molecule has 7 nitrogen and oxygen atoms in total. The number of ether oxygens (including phenoxy) is 2. The number of rotatable bonds is 7. The standard InChI is InChI=1S/C37H32N2O5/c1-22(2)44-27-18-14-24(15-19-27)33(40)31-32(34(41)25-12-16-26(43-3)17-13-25)39-21-20-23-8-4-5-9-28(23)35(39)37(31)29-10-6-7-11-30(29)38-36(37)42/h4-22,31-32,35H,1-3H3,(H,38,42)/t31-,32-,35+,37+/m0/s1. The van der Waals surface area contributed by atoms with Gasteiger partial charge in [0.15, 0.2) is 11.6 Å². The number of hydrogen-bond acceptors (Lipinski definition) is 6. The van der Waals surface area contributed by atoms with Crippen molar-refractivity contribution in [3.63, 3.8) is 0 Å². The first-order chi connectivity index (χ1) is 21.3. The van der Waals surface area contributed by atoms with Gasteiger partial charge >= 0.3 is 0 Å². The third-order valence-corrected chi connectivity index (χ3v) is 9.01. The first kappa shape index (κ1) is 27.7. The summed E-state index contributed by atoms with van der Waals surface area (Å²) in [6, 6.07) is 27.7. The Morgan fingerprint density at radius 2 is 1.45 bits per heavy atom. The number of nitrogens with zero attached hydrogens (tertiary/aromatic N) is 1. The molecule has 7 rings (SSSR count). The Kier molecular flexibility index (Phi) is 6.61. The molecule has 1 amide bonds. The molecule has 3 aliphatic rings. The SMILES string of the molecule is COc1ccc(C(=O)[C@@H]2[C@@H](C(=O)c3ccc(OC(C)C)cc3)[C@@]3(C(=O)Nc4ccccc43)[C@H]3c4ccccc4C=CN23)cc1. The van der Waals surface area contributed by atoms with Crippen molar-refractivity contribution in [3.8, 4) is 11.5 Å². The number of hydrogen-bond donors (Lipinski definition) is 1. The summed E-state index contributed by atoms with van der Waals surface area (Å²) in [6.45, 7) is 3.88. The molecule has 0 bridgehead atoms. The molecule has 1 fully saturated rings. The second-order valence-electron chi connectivity index (χ2n) is 11.7. The zero-order valence-electron chi connectivity index (χ0n) is 24.7. The molecule has 1 spiro atoms. The van der Waals surface area contributed by atoms with Crippen molar-refractivity contribution in [2.75, 3.05) is 12.4 Å². The van der Waals surface area contributed by atoms with Crippen LogP contribution in [0.3, 0.4) is 0 Å². The van der Waals surface area contributed by atoms with Crippen molar-refractivity contribution >= 4 is 29.2 Å². The van der Waals surface area contributed by atoms with E-state index in [1.165, 1.54) is 0 Å². The minimum Gasteiger partial charge on any atom is -0.497 e. The van der Waals surface area contributed by atoms with E-state index in [-0.39, 0.29) is 23.6 Å². The van der Waals surface area contributed by atoms with Gasteiger partial charge in [0, 0.05) is 23.0 Å². The summed E-state index contributed by atoms with van der Waals surface area (Å²) in [5, 5.41) is 3.09. The summed E-state index contributed by atoms with van der Waals surface area (Å²) >= 11 is 0. The maximum Gasteiger partial charge on any atom is 0.238 e. The van der Waals surface area contributed by atoms with Crippen LogP contribution in [0.5, 0.6) is 11.5 Å². The molecule has 4 aromatic rings. The van der Waals surface area contributed by atoms with E-state index < -0.39 is 23.4 Å². The molecule has 220 valence electrons. The van der Waals surface area contributed by atoms with Crippen LogP contribution in [0.2, 0.25) is 0 Å². The highest BCUT2D eigenvalue weighted by atomic mass is 16.5. The van der Waals surface area contributed by atoms with Crippen LogP contribution in [0.4, 0.5) is 5.69 Å². The van der Waals surface area contributed by atoms with Crippen LogP contribution in [0.1, 0.15) is 57.3 Å². The molecular weight excluding hydrogens is 552 g/mol. The zero-order valence-corrected chi connectivity index (χ0v) is 24.7. The number of ketones is 2. The highest BCUT2D eigenvalue weighted by molar-refractivity contribution is 6.16. The molecule has 3 aliphatic heterocycles. The Balaban J connectivity index is 1.47. The quantitative estimate of drug-likeness (QED) is 0.251. The number of anilines is 1. The summed E-state index contributed by atoms with van der Waals surface area (Å²) in [4.78, 5) is 46.1. The Morgan fingerprint density at radius 3 is 2.16 bits per heavy atom. The molecule has 0 aliphatic carbocycles. The second kappa shape index (κ2) is 10.5. The summed E-state index contributed by atoms with van der Waals surface area (Å²) in [7, 11) is 1.57. The number of Topliss-reactive ketones (excluding diaryl/α,β-unsaturated/α-hetero) is 2. The van der Waals surface area contributed by atoms with Crippen molar-refractivity contribution in [2.24, 2.45) is 5.92 Å². The number of benzene rings is 4. The van der Waals surface area contributed by atoms with Crippen LogP contribution < -0.4 is 14.8 Å². The molecule has 4 atom stereocenters. The summed E-state index contributed by atoms with van der Waals surface area (Å²) in [6.07, 6.45) is 3.81. The molecule has 0 unspecified atom stereocenters. The topological polar surface area (TPSA) is 84.9 Å². The van der Waals surface area contributed by atoms with Crippen LogP contribution in [0.25, 0.3) is 6.08 Å². The normalized spacial score (nSPS) is 22.8. The number of carbonyl (C=O) groups is 3.